The molecule has 0 bridgehead atoms. The quantitative estimate of drug-likeness (QED) is 0.840. The van der Waals surface area contributed by atoms with Crippen molar-refractivity contribution in [1.29, 1.82) is 0 Å². The number of aryl methyl sites for hydroxylation is 1. The van der Waals surface area contributed by atoms with Crippen molar-refractivity contribution >= 4 is 12.2 Å². The molecule has 0 atom stereocenters. The lowest BCUT2D eigenvalue weighted by Crippen LogP contribution is -2.00. The van der Waals surface area contributed by atoms with Gasteiger partial charge in [-0.25, -0.2) is 4.98 Å². The van der Waals surface area contributed by atoms with Gasteiger partial charge in [-0.15, -0.1) is 0 Å². The minimum absolute atomic E-state index is 0.460. The maximum Gasteiger partial charge on any atom is 0.134 e. The Hall–Kier alpha value is -1.52. The average molecular weight is 274 g/mol. The van der Waals surface area contributed by atoms with Crippen molar-refractivity contribution in [2.45, 2.75) is 26.9 Å². The van der Waals surface area contributed by atoms with Crippen molar-refractivity contribution < 1.29 is 4.74 Å². The van der Waals surface area contributed by atoms with Gasteiger partial charge in [0.05, 0.1) is 0 Å². The molecule has 0 fully saturated rings. The van der Waals surface area contributed by atoms with Crippen LogP contribution < -0.4 is 0 Å². The molecule has 1 N–H and O–H groups in total. The first kappa shape index (κ1) is 13.9. The van der Waals surface area contributed by atoms with E-state index in [1.165, 1.54) is 5.56 Å². The Labute approximate surface area is 118 Å². The van der Waals surface area contributed by atoms with Crippen LogP contribution in [0.25, 0.3) is 11.3 Å². The summed E-state index contributed by atoms with van der Waals surface area (Å²) < 4.78 is 5.96. The Morgan fingerprint density at radius 3 is 2.84 bits per heavy atom. The van der Waals surface area contributed by atoms with Crippen molar-refractivity contribution in [2.24, 2.45) is 0 Å². The summed E-state index contributed by atoms with van der Waals surface area (Å²) >= 11 is 5.21. The van der Waals surface area contributed by atoms with Crippen LogP contribution in [0.4, 0.5) is 0 Å². The molecule has 2 rings (SSSR count). The summed E-state index contributed by atoms with van der Waals surface area (Å²) in [5.41, 5.74) is 3.43. The smallest absolute Gasteiger partial charge is 0.134 e. The van der Waals surface area contributed by atoms with Gasteiger partial charge in [0, 0.05) is 12.3 Å². The molecular formula is C15H18N2OS. The van der Waals surface area contributed by atoms with Gasteiger partial charge in [0.25, 0.3) is 0 Å². The first-order chi connectivity index (χ1) is 9.22. The summed E-state index contributed by atoms with van der Waals surface area (Å²) in [5, 5.41) is 0. The predicted octanol–water partition coefficient (Wildman–Crippen LogP) is 3.91. The zero-order valence-electron chi connectivity index (χ0n) is 11.3. The summed E-state index contributed by atoms with van der Waals surface area (Å²) in [6.45, 7) is 5.23. The van der Waals surface area contributed by atoms with Crippen molar-refractivity contribution in [3.8, 4) is 11.3 Å². The summed E-state index contributed by atoms with van der Waals surface area (Å²) in [7, 11) is 0. The third-order valence-corrected chi connectivity index (χ3v) is 3.09. The second-order valence-corrected chi connectivity index (χ2v) is 4.69. The number of nitrogens with zero attached hydrogens (tertiary/aromatic N) is 1. The minimum atomic E-state index is 0.460. The summed E-state index contributed by atoms with van der Waals surface area (Å²) in [6, 6.07) is 10.3. The van der Waals surface area contributed by atoms with Crippen LogP contribution in [0.3, 0.4) is 0 Å². The van der Waals surface area contributed by atoms with Crippen LogP contribution >= 0.6 is 12.2 Å². The zero-order chi connectivity index (χ0) is 13.7. The highest BCUT2D eigenvalue weighted by Gasteiger charge is 2.03. The van der Waals surface area contributed by atoms with E-state index in [0.717, 1.165) is 23.5 Å². The SMILES string of the molecule is CCOCc1nc(=S)cc(-c2cccc(CC)c2)[nH]1. The Morgan fingerprint density at radius 1 is 1.26 bits per heavy atom. The highest BCUT2D eigenvalue weighted by Crippen LogP contribution is 2.19. The van der Waals surface area contributed by atoms with E-state index in [1.54, 1.807) is 0 Å². The minimum Gasteiger partial charge on any atom is -0.374 e. The van der Waals surface area contributed by atoms with Crippen LogP contribution in [-0.4, -0.2) is 16.6 Å². The number of benzene rings is 1. The van der Waals surface area contributed by atoms with Crippen LogP contribution in [0.2, 0.25) is 0 Å². The fourth-order valence-electron chi connectivity index (χ4n) is 1.89. The molecule has 3 nitrogen and oxygen atoms in total. The van der Waals surface area contributed by atoms with Crippen LogP contribution in [0.15, 0.2) is 30.3 Å². The highest BCUT2D eigenvalue weighted by atomic mass is 32.1. The van der Waals surface area contributed by atoms with Gasteiger partial charge in [0.2, 0.25) is 0 Å². The first-order valence-corrected chi connectivity index (χ1v) is 6.91. The Morgan fingerprint density at radius 2 is 2.11 bits per heavy atom. The first-order valence-electron chi connectivity index (χ1n) is 6.50. The van der Waals surface area contributed by atoms with Gasteiger partial charge in [0.1, 0.15) is 17.1 Å². The van der Waals surface area contributed by atoms with Gasteiger partial charge in [-0.3, -0.25) is 0 Å². The fraction of sp³-hybridized carbons (Fsp3) is 0.333. The van der Waals surface area contributed by atoms with Gasteiger partial charge in [-0.1, -0.05) is 37.3 Å². The number of aromatic nitrogens is 2. The highest BCUT2D eigenvalue weighted by molar-refractivity contribution is 7.71. The molecule has 0 saturated heterocycles. The van der Waals surface area contributed by atoms with Crippen molar-refractivity contribution in [1.82, 2.24) is 9.97 Å². The molecule has 0 aliphatic rings. The van der Waals surface area contributed by atoms with E-state index in [2.05, 4.69) is 41.2 Å². The van der Waals surface area contributed by atoms with Crippen LogP contribution in [0, 0.1) is 4.64 Å². The predicted molar refractivity (Wildman–Crippen MR) is 79.6 cm³/mol. The number of hydrogen-bond acceptors (Lipinski definition) is 3. The fourth-order valence-corrected chi connectivity index (χ4v) is 2.12. The molecule has 100 valence electrons. The summed E-state index contributed by atoms with van der Waals surface area (Å²) in [6.07, 6.45) is 1.02. The number of ether oxygens (including phenoxy) is 1. The van der Waals surface area contributed by atoms with E-state index in [1.807, 2.05) is 13.0 Å². The van der Waals surface area contributed by atoms with E-state index in [-0.39, 0.29) is 0 Å². The van der Waals surface area contributed by atoms with Gasteiger partial charge < -0.3 is 9.72 Å². The molecule has 0 radical (unpaired) electrons. The molecule has 0 aliphatic heterocycles. The number of nitrogens with one attached hydrogen (secondary N) is 1. The molecule has 19 heavy (non-hydrogen) atoms. The molecule has 1 heterocycles. The Bertz CT molecular complexity index is 607. The van der Waals surface area contributed by atoms with E-state index >= 15 is 0 Å². The average Bonchev–Trinajstić information content (AvgIpc) is 2.44. The largest absolute Gasteiger partial charge is 0.374 e. The molecule has 0 spiro atoms. The number of hydrogen-bond donors (Lipinski definition) is 1. The van der Waals surface area contributed by atoms with Crippen LogP contribution in [0.1, 0.15) is 25.2 Å². The third-order valence-electron chi connectivity index (χ3n) is 2.88. The summed E-state index contributed by atoms with van der Waals surface area (Å²) in [4.78, 5) is 7.56. The number of aromatic amines is 1. The number of H-pyrrole nitrogens is 1. The molecular weight excluding hydrogens is 256 g/mol. The zero-order valence-corrected chi connectivity index (χ0v) is 12.1. The monoisotopic (exact) mass is 274 g/mol. The molecule has 0 aliphatic carbocycles. The molecule has 0 saturated carbocycles. The van der Waals surface area contributed by atoms with Gasteiger partial charge in [-0.05, 0) is 36.6 Å². The number of rotatable bonds is 5. The third kappa shape index (κ3) is 3.72. The molecule has 0 amide bonds. The topological polar surface area (TPSA) is 37.9 Å². The van der Waals surface area contributed by atoms with Gasteiger partial charge in [-0.2, -0.15) is 0 Å². The van der Waals surface area contributed by atoms with E-state index in [0.29, 0.717) is 17.9 Å². The van der Waals surface area contributed by atoms with E-state index < -0.39 is 0 Å². The Kier molecular flexibility index (Phi) is 4.82. The second-order valence-electron chi connectivity index (χ2n) is 4.27. The summed E-state index contributed by atoms with van der Waals surface area (Å²) in [5.74, 6) is 0.770. The van der Waals surface area contributed by atoms with Crippen LogP contribution in [-0.2, 0) is 17.8 Å². The lowest BCUT2D eigenvalue weighted by atomic mass is 10.1. The van der Waals surface area contributed by atoms with Gasteiger partial charge >= 0.3 is 0 Å². The Balaban J connectivity index is 2.37. The normalized spacial score (nSPS) is 10.6. The second kappa shape index (κ2) is 6.59. The maximum absolute atomic E-state index is 5.37. The van der Waals surface area contributed by atoms with E-state index in [9.17, 15) is 0 Å². The van der Waals surface area contributed by atoms with E-state index in [4.69, 9.17) is 17.0 Å². The maximum atomic E-state index is 5.37. The van der Waals surface area contributed by atoms with Crippen LogP contribution in [0.5, 0.6) is 0 Å². The standard InChI is InChI=1S/C15H18N2OS/c1-3-11-6-5-7-12(8-11)13-9-15(19)17-14(16-13)10-18-4-2/h5-9H,3-4,10H2,1-2H3,(H,16,17,19). The van der Waals surface area contributed by atoms with Gasteiger partial charge in [0.15, 0.2) is 0 Å². The lowest BCUT2D eigenvalue weighted by Gasteiger charge is -2.07. The van der Waals surface area contributed by atoms with Crippen molar-refractivity contribution in [2.75, 3.05) is 6.61 Å². The lowest BCUT2D eigenvalue weighted by molar-refractivity contribution is 0.128. The molecule has 1 aromatic carbocycles. The van der Waals surface area contributed by atoms with Crippen molar-refractivity contribution in [3.63, 3.8) is 0 Å². The molecule has 0 unspecified atom stereocenters. The molecule has 1 aromatic heterocycles. The van der Waals surface area contributed by atoms with Crippen molar-refractivity contribution in [3.05, 3.63) is 46.4 Å². The molecule has 4 heteroatoms. The molecule has 2 aromatic rings.